The van der Waals surface area contributed by atoms with Crippen LogP contribution in [0.5, 0.6) is 5.75 Å². The topological polar surface area (TPSA) is 54.6 Å². The van der Waals surface area contributed by atoms with Gasteiger partial charge in [-0.05, 0) is 19.9 Å². The van der Waals surface area contributed by atoms with E-state index in [4.69, 9.17) is 9.47 Å². The normalized spacial score (nSPS) is 25.8. The molecule has 4 atom stereocenters. The van der Waals surface area contributed by atoms with Gasteiger partial charge in [0, 0.05) is 48.9 Å². The van der Waals surface area contributed by atoms with E-state index in [2.05, 4.69) is 4.98 Å². The van der Waals surface area contributed by atoms with Gasteiger partial charge < -0.3 is 19.4 Å². The highest BCUT2D eigenvalue weighted by Gasteiger charge is 2.65. The maximum Gasteiger partial charge on any atom is 0.417 e. The quantitative estimate of drug-likeness (QED) is 0.663. The van der Waals surface area contributed by atoms with Crippen LogP contribution >= 0.6 is 0 Å². The van der Waals surface area contributed by atoms with Crippen molar-refractivity contribution in [3.05, 3.63) is 57.0 Å². The minimum atomic E-state index is -4.76. The van der Waals surface area contributed by atoms with Crippen LogP contribution in [0.3, 0.4) is 0 Å². The number of aromatic amines is 1. The van der Waals surface area contributed by atoms with Crippen LogP contribution in [0.25, 0.3) is 0 Å². The van der Waals surface area contributed by atoms with Crippen molar-refractivity contribution in [1.82, 2.24) is 4.98 Å². The molecule has 3 rings (SSSR count). The molecule has 1 saturated heterocycles. The Morgan fingerprint density at radius 3 is 2.34 bits per heavy atom. The van der Waals surface area contributed by atoms with Crippen molar-refractivity contribution in [2.75, 3.05) is 26.1 Å². The first kappa shape index (κ1) is 24.0. The molecule has 2 heterocycles. The maximum absolute atomic E-state index is 14.4. The van der Waals surface area contributed by atoms with Crippen LogP contribution in [-0.4, -0.2) is 38.0 Å². The number of anilines is 1. The molecular weight excluding hydrogens is 435 g/mol. The number of aromatic nitrogens is 1. The number of methoxy groups -OCH3 is 1. The van der Waals surface area contributed by atoms with Gasteiger partial charge in [0.05, 0.1) is 7.11 Å². The summed E-state index contributed by atoms with van der Waals surface area (Å²) in [5.74, 6) is -5.29. The fraction of sp³-hybridized carbons (Fsp3) is 0.500. The molecule has 2 aromatic rings. The van der Waals surface area contributed by atoms with Gasteiger partial charge in [-0.3, -0.25) is 4.79 Å². The second-order valence-electron chi connectivity index (χ2n) is 8.40. The van der Waals surface area contributed by atoms with E-state index in [1.165, 1.54) is 19.1 Å². The minimum Gasteiger partial charge on any atom is -0.493 e. The summed E-state index contributed by atoms with van der Waals surface area (Å²) in [4.78, 5) is 17.2. The number of ether oxygens (including phenoxy) is 2. The standard InChI is InChI=1S/C22H25F5N2O3/c1-10-16(12-7-8-13(23)17(24)19(12)31-6)20(32-21(10,3)22(25,26)27)14-9-15(30)18(29(4)5)11(2)28-14/h7-10,16,20H,1-6H3,(H,28,30)/t10-,16-,20-,21+/m0/s1. The van der Waals surface area contributed by atoms with Gasteiger partial charge in [0.2, 0.25) is 11.2 Å². The van der Waals surface area contributed by atoms with Gasteiger partial charge in [-0.2, -0.15) is 17.6 Å². The first-order chi connectivity index (χ1) is 14.7. The minimum absolute atomic E-state index is 0.0204. The molecule has 176 valence electrons. The molecule has 0 bridgehead atoms. The first-order valence-corrected chi connectivity index (χ1v) is 9.92. The molecule has 1 fully saturated rings. The summed E-state index contributed by atoms with van der Waals surface area (Å²) >= 11 is 0. The average molecular weight is 460 g/mol. The Hall–Kier alpha value is -2.62. The lowest BCUT2D eigenvalue weighted by Gasteiger charge is -2.32. The van der Waals surface area contributed by atoms with Crippen molar-refractivity contribution >= 4 is 5.69 Å². The zero-order valence-electron chi connectivity index (χ0n) is 18.5. The smallest absolute Gasteiger partial charge is 0.417 e. The van der Waals surface area contributed by atoms with Crippen LogP contribution in [0.4, 0.5) is 27.6 Å². The Kier molecular flexibility index (Phi) is 6.05. The molecule has 0 saturated carbocycles. The number of hydrogen-bond acceptors (Lipinski definition) is 4. The lowest BCUT2D eigenvalue weighted by atomic mass is 9.76. The Balaban J connectivity index is 2.26. The zero-order chi connectivity index (χ0) is 24.2. The number of hydrogen-bond donors (Lipinski definition) is 1. The summed E-state index contributed by atoms with van der Waals surface area (Å²) in [7, 11) is 4.44. The summed E-state index contributed by atoms with van der Waals surface area (Å²) in [5, 5.41) is 0. The van der Waals surface area contributed by atoms with Crippen LogP contribution in [0.15, 0.2) is 23.0 Å². The van der Waals surface area contributed by atoms with Crippen molar-refractivity contribution in [2.24, 2.45) is 5.92 Å². The number of H-pyrrole nitrogens is 1. The van der Waals surface area contributed by atoms with E-state index in [0.29, 0.717) is 11.4 Å². The molecule has 1 aliphatic heterocycles. The predicted molar refractivity (Wildman–Crippen MR) is 109 cm³/mol. The van der Waals surface area contributed by atoms with Gasteiger partial charge in [-0.1, -0.05) is 13.0 Å². The molecule has 1 aromatic heterocycles. The SMILES string of the molecule is COc1c([C@H]2[C@H](c3cc(=O)c(N(C)C)c(C)[nH]3)O[C@@](C)(C(F)(F)F)[C@H]2C)ccc(F)c1F. The van der Waals surface area contributed by atoms with Gasteiger partial charge in [-0.15, -0.1) is 0 Å². The van der Waals surface area contributed by atoms with Crippen molar-refractivity contribution < 1.29 is 31.4 Å². The second kappa shape index (κ2) is 8.06. The number of halogens is 5. The number of rotatable bonds is 4. The monoisotopic (exact) mass is 460 g/mol. The Morgan fingerprint density at radius 1 is 1.22 bits per heavy atom. The molecule has 0 unspecified atom stereocenters. The van der Waals surface area contributed by atoms with Gasteiger partial charge in [0.25, 0.3) is 0 Å². The summed E-state index contributed by atoms with van der Waals surface area (Å²) in [6.45, 7) is 3.86. The largest absolute Gasteiger partial charge is 0.493 e. The van der Waals surface area contributed by atoms with Crippen molar-refractivity contribution in [2.45, 2.75) is 44.6 Å². The maximum atomic E-state index is 14.4. The molecule has 0 aliphatic carbocycles. The lowest BCUT2D eigenvalue weighted by Crippen LogP contribution is -2.46. The highest BCUT2D eigenvalue weighted by atomic mass is 19.4. The lowest BCUT2D eigenvalue weighted by molar-refractivity contribution is -0.275. The third kappa shape index (κ3) is 3.64. The molecule has 0 radical (unpaired) electrons. The van der Waals surface area contributed by atoms with Gasteiger partial charge >= 0.3 is 6.18 Å². The Labute approximate surface area is 182 Å². The molecular formula is C22H25F5N2O3. The van der Waals surface area contributed by atoms with Crippen molar-refractivity contribution in [3.63, 3.8) is 0 Å². The van der Waals surface area contributed by atoms with Crippen LogP contribution in [0, 0.1) is 24.5 Å². The number of benzene rings is 1. The van der Waals surface area contributed by atoms with E-state index in [-0.39, 0.29) is 11.3 Å². The average Bonchev–Trinajstić information content (AvgIpc) is 2.95. The number of aryl methyl sites for hydroxylation is 1. The van der Waals surface area contributed by atoms with E-state index in [1.807, 2.05) is 0 Å². The highest BCUT2D eigenvalue weighted by molar-refractivity contribution is 5.50. The molecule has 1 aliphatic rings. The summed E-state index contributed by atoms with van der Waals surface area (Å²) in [6, 6.07) is 3.21. The van der Waals surface area contributed by atoms with E-state index < -0.39 is 52.5 Å². The molecule has 1 N–H and O–H groups in total. The first-order valence-electron chi connectivity index (χ1n) is 9.92. The van der Waals surface area contributed by atoms with Gasteiger partial charge in [0.1, 0.15) is 11.8 Å². The fourth-order valence-corrected chi connectivity index (χ4v) is 4.50. The van der Waals surface area contributed by atoms with Crippen LogP contribution in [0.1, 0.15) is 42.8 Å². The Bertz CT molecular complexity index is 1080. The van der Waals surface area contributed by atoms with E-state index in [0.717, 1.165) is 20.1 Å². The third-order valence-electron chi connectivity index (χ3n) is 6.27. The van der Waals surface area contributed by atoms with E-state index in [1.54, 1.807) is 25.9 Å². The predicted octanol–water partition coefficient (Wildman–Crippen LogP) is 4.85. The third-order valence-corrected chi connectivity index (χ3v) is 6.27. The molecule has 0 amide bonds. The summed E-state index contributed by atoms with van der Waals surface area (Å²) in [5.41, 5.74) is -2.11. The van der Waals surface area contributed by atoms with Gasteiger partial charge in [0.15, 0.2) is 17.2 Å². The molecule has 0 spiro atoms. The fourth-order valence-electron chi connectivity index (χ4n) is 4.50. The molecule has 10 heteroatoms. The van der Waals surface area contributed by atoms with Crippen LogP contribution < -0.4 is 15.1 Å². The van der Waals surface area contributed by atoms with Crippen molar-refractivity contribution in [3.8, 4) is 5.75 Å². The number of alkyl halides is 3. The molecule has 1 aromatic carbocycles. The summed E-state index contributed by atoms with van der Waals surface area (Å²) < 4.78 is 81.0. The van der Waals surface area contributed by atoms with E-state index in [9.17, 15) is 26.7 Å². The molecule has 5 nitrogen and oxygen atoms in total. The summed E-state index contributed by atoms with van der Waals surface area (Å²) in [6.07, 6.45) is -6.05. The molecule has 32 heavy (non-hydrogen) atoms. The number of nitrogens with one attached hydrogen (secondary N) is 1. The zero-order valence-corrected chi connectivity index (χ0v) is 18.5. The van der Waals surface area contributed by atoms with Gasteiger partial charge in [-0.25, -0.2) is 4.39 Å². The highest BCUT2D eigenvalue weighted by Crippen LogP contribution is 2.59. The second-order valence-corrected chi connectivity index (χ2v) is 8.40. The Morgan fingerprint density at radius 2 is 1.84 bits per heavy atom. The number of nitrogens with zero attached hydrogens (tertiary/aromatic N) is 1. The van der Waals surface area contributed by atoms with Crippen LogP contribution in [-0.2, 0) is 4.74 Å². The number of pyridine rings is 1. The van der Waals surface area contributed by atoms with Crippen LogP contribution in [0.2, 0.25) is 0 Å². The van der Waals surface area contributed by atoms with E-state index >= 15 is 0 Å². The van der Waals surface area contributed by atoms with Crippen molar-refractivity contribution in [1.29, 1.82) is 0 Å².